The van der Waals surface area contributed by atoms with Gasteiger partial charge in [-0.3, -0.25) is 9.59 Å². The molecule has 1 aliphatic rings. The number of benzene rings is 3. The number of likely N-dealkylation sites (tertiary alicyclic amines) is 1. The van der Waals surface area contributed by atoms with Gasteiger partial charge in [0.1, 0.15) is 23.9 Å². The number of furan rings is 1. The van der Waals surface area contributed by atoms with Gasteiger partial charge in [-0.25, -0.2) is 0 Å². The predicted octanol–water partition coefficient (Wildman–Crippen LogP) is 5.85. The Morgan fingerprint density at radius 2 is 1.67 bits per heavy atom. The second-order valence-electron chi connectivity index (χ2n) is 9.73. The third-order valence-electron chi connectivity index (χ3n) is 6.95. The molecule has 1 N–H and O–H groups in total. The monoisotopic (exact) mass is 522 g/mol. The molecule has 0 spiro atoms. The predicted molar refractivity (Wildman–Crippen MR) is 149 cm³/mol. The number of hydrogen-bond donors (Lipinski definition) is 1. The third kappa shape index (κ3) is 5.29. The number of nitrogens with zero attached hydrogens (tertiary/aromatic N) is 2. The molecule has 7 nitrogen and oxygen atoms in total. The molecule has 39 heavy (non-hydrogen) atoms. The van der Waals surface area contributed by atoms with E-state index in [1.54, 1.807) is 36.4 Å². The van der Waals surface area contributed by atoms with Crippen molar-refractivity contribution in [2.75, 3.05) is 19.0 Å². The number of rotatable bonds is 8. The van der Waals surface area contributed by atoms with E-state index in [-0.39, 0.29) is 17.9 Å². The molecule has 3 aromatic carbocycles. The molecule has 0 aliphatic carbocycles. The molecular formula is C32H30N2O5. The second-order valence-corrected chi connectivity index (χ2v) is 9.73. The Bertz CT molecular complexity index is 1500. The van der Waals surface area contributed by atoms with E-state index in [9.17, 15) is 14.7 Å². The van der Waals surface area contributed by atoms with Crippen molar-refractivity contribution < 1.29 is 23.8 Å². The number of Topliss-reactive ketones (excluding diaryl/α,β-unsaturated/α-hetero) is 1. The maximum Gasteiger partial charge on any atom is 0.296 e. The summed E-state index contributed by atoms with van der Waals surface area (Å²) in [4.78, 5) is 29.9. The van der Waals surface area contributed by atoms with Crippen LogP contribution in [0.4, 0.5) is 5.69 Å². The normalized spacial score (nSPS) is 16.5. The molecule has 0 bridgehead atoms. The quantitative estimate of drug-likeness (QED) is 0.177. The van der Waals surface area contributed by atoms with Gasteiger partial charge in [0.2, 0.25) is 0 Å². The van der Waals surface area contributed by atoms with Gasteiger partial charge in [0, 0.05) is 25.3 Å². The van der Waals surface area contributed by atoms with Crippen molar-refractivity contribution in [1.29, 1.82) is 0 Å². The Kier molecular flexibility index (Phi) is 7.23. The topological polar surface area (TPSA) is 83.2 Å². The Labute approximate surface area is 227 Å². The van der Waals surface area contributed by atoms with Gasteiger partial charge in [-0.15, -0.1) is 0 Å². The van der Waals surface area contributed by atoms with Gasteiger partial charge in [0.05, 0.1) is 24.4 Å². The first-order chi connectivity index (χ1) is 18.8. The lowest BCUT2D eigenvalue weighted by Crippen LogP contribution is -2.29. The molecule has 0 unspecified atom stereocenters. The minimum atomic E-state index is -0.775. The zero-order chi connectivity index (χ0) is 27.5. The highest BCUT2D eigenvalue weighted by Crippen LogP contribution is 2.41. The molecule has 1 atom stereocenters. The molecule has 5 rings (SSSR count). The molecule has 0 radical (unpaired) electrons. The number of ketones is 1. The smallest absolute Gasteiger partial charge is 0.296 e. The zero-order valence-corrected chi connectivity index (χ0v) is 22.1. The summed E-state index contributed by atoms with van der Waals surface area (Å²) < 4.78 is 11.4. The summed E-state index contributed by atoms with van der Waals surface area (Å²) in [5.74, 6) is -0.485. The number of aliphatic hydroxyl groups is 1. The van der Waals surface area contributed by atoms with Crippen molar-refractivity contribution in [1.82, 2.24) is 4.90 Å². The van der Waals surface area contributed by atoms with E-state index in [4.69, 9.17) is 9.15 Å². The summed E-state index contributed by atoms with van der Waals surface area (Å²) in [6.07, 6.45) is 1.52. The number of carbonyl (C=O) groups is 2. The first kappa shape index (κ1) is 25.9. The van der Waals surface area contributed by atoms with Gasteiger partial charge in [-0.2, -0.15) is 0 Å². The van der Waals surface area contributed by atoms with Crippen LogP contribution in [0.2, 0.25) is 0 Å². The van der Waals surface area contributed by atoms with Crippen LogP contribution in [0.3, 0.4) is 0 Å². The fourth-order valence-corrected chi connectivity index (χ4v) is 4.71. The lowest BCUT2D eigenvalue weighted by Gasteiger charge is -2.25. The van der Waals surface area contributed by atoms with E-state index in [0.717, 1.165) is 16.8 Å². The average molecular weight is 523 g/mol. The number of carbonyl (C=O) groups excluding carboxylic acids is 2. The van der Waals surface area contributed by atoms with Crippen LogP contribution in [0.25, 0.3) is 5.76 Å². The van der Waals surface area contributed by atoms with E-state index < -0.39 is 17.7 Å². The lowest BCUT2D eigenvalue weighted by atomic mass is 9.95. The molecule has 198 valence electrons. The third-order valence-corrected chi connectivity index (χ3v) is 6.95. The van der Waals surface area contributed by atoms with Crippen molar-refractivity contribution in [3.05, 3.63) is 125 Å². The molecule has 2 heterocycles. The van der Waals surface area contributed by atoms with Crippen molar-refractivity contribution >= 4 is 23.1 Å². The average Bonchev–Trinajstić information content (AvgIpc) is 3.55. The van der Waals surface area contributed by atoms with Crippen LogP contribution >= 0.6 is 0 Å². The van der Waals surface area contributed by atoms with Gasteiger partial charge in [0.15, 0.2) is 0 Å². The van der Waals surface area contributed by atoms with E-state index in [2.05, 4.69) is 0 Å². The van der Waals surface area contributed by atoms with Crippen LogP contribution in [0.5, 0.6) is 5.75 Å². The minimum Gasteiger partial charge on any atom is -0.507 e. The molecule has 4 aromatic rings. The van der Waals surface area contributed by atoms with E-state index in [1.807, 2.05) is 74.4 Å². The van der Waals surface area contributed by atoms with Crippen LogP contribution in [0, 0.1) is 6.92 Å². The van der Waals surface area contributed by atoms with Crippen LogP contribution < -0.4 is 9.64 Å². The minimum absolute atomic E-state index is 0.0396. The number of amides is 1. The molecule has 1 amide bonds. The van der Waals surface area contributed by atoms with Crippen molar-refractivity contribution in [3.8, 4) is 5.75 Å². The highest BCUT2D eigenvalue weighted by Gasteiger charge is 2.46. The number of ether oxygens (including phenoxy) is 1. The fraction of sp³-hybridized carbons (Fsp3) is 0.188. The number of anilines is 1. The number of hydrogen-bond acceptors (Lipinski definition) is 6. The van der Waals surface area contributed by atoms with Crippen molar-refractivity contribution in [3.63, 3.8) is 0 Å². The Hall–Kier alpha value is -4.78. The summed E-state index contributed by atoms with van der Waals surface area (Å²) in [5.41, 5.74) is 4.38. The molecule has 1 aliphatic heterocycles. The molecule has 1 aromatic heterocycles. The Morgan fingerprint density at radius 3 is 2.31 bits per heavy atom. The zero-order valence-electron chi connectivity index (χ0n) is 22.1. The van der Waals surface area contributed by atoms with E-state index in [0.29, 0.717) is 29.2 Å². The van der Waals surface area contributed by atoms with Crippen LogP contribution in [0.15, 0.2) is 101 Å². The SMILES string of the molecule is Cc1ccccc1COc1ccc(/C(O)=C2\C(=O)C(=O)N(Cc3ccco3)[C@H]2c2ccc(N(C)C)cc2)cc1. The van der Waals surface area contributed by atoms with Crippen LogP contribution in [0.1, 0.15) is 34.1 Å². The van der Waals surface area contributed by atoms with E-state index >= 15 is 0 Å². The first-order valence-electron chi connectivity index (χ1n) is 12.7. The summed E-state index contributed by atoms with van der Waals surface area (Å²) in [6.45, 7) is 2.55. The molecule has 1 saturated heterocycles. The van der Waals surface area contributed by atoms with Gasteiger partial charge in [-0.05, 0) is 72.1 Å². The lowest BCUT2D eigenvalue weighted by molar-refractivity contribution is -0.140. The fourth-order valence-electron chi connectivity index (χ4n) is 4.71. The van der Waals surface area contributed by atoms with Crippen molar-refractivity contribution in [2.45, 2.75) is 26.1 Å². The Balaban J connectivity index is 1.48. The number of aryl methyl sites for hydroxylation is 1. The largest absolute Gasteiger partial charge is 0.507 e. The van der Waals surface area contributed by atoms with E-state index in [1.165, 1.54) is 11.2 Å². The van der Waals surface area contributed by atoms with Gasteiger partial charge >= 0.3 is 0 Å². The van der Waals surface area contributed by atoms with Crippen LogP contribution in [-0.2, 0) is 22.7 Å². The summed E-state index contributed by atoms with van der Waals surface area (Å²) >= 11 is 0. The highest BCUT2D eigenvalue weighted by molar-refractivity contribution is 6.46. The first-order valence-corrected chi connectivity index (χ1v) is 12.7. The van der Waals surface area contributed by atoms with Crippen molar-refractivity contribution in [2.24, 2.45) is 0 Å². The van der Waals surface area contributed by atoms with Gasteiger partial charge < -0.3 is 24.1 Å². The maximum atomic E-state index is 13.3. The summed E-state index contributed by atoms with van der Waals surface area (Å²) in [6, 6.07) is 25.2. The molecular weight excluding hydrogens is 492 g/mol. The second kappa shape index (κ2) is 10.9. The molecule has 1 fully saturated rings. The van der Waals surface area contributed by atoms with Crippen LogP contribution in [-0.4, -0.2) is 35.8 Å². The van der Waals surface area contributed by atoms with Gasteiger partial charge in [0.25, 0.3) is 11.7 Å². The Morgan fingerprint density at radius 1 is 0.949 bits per heavy atom. The standard InChI is InChI=1S/C32H30N2O5/c1-21-7-4-5-8-24(21)20-39-26-16-12-23(13-17-26)30(35)28-29(22-10-14-25(15-11-22)33(2)3)34(32(37)31(28)36)19-27-9-6-18-38-27/h4-18,29,35H,19-20H2,1-3H3/b30-28+/t29-/m0/s1. The van der Waals surface area contributed by atoms with Gasteiger partial charge in [-0.1, -0.05) is 36.4 Å². The maximum absolute atomic E-state index is 13.3. The summed E-state index contributed by atoms with van der Waals surface area (Å²) in [7, 11) is 3.87. The molecule has 7 heteroatoms. The number of aliphatic hydroxyl groups excluding tert-OH is 1. The molecule has 0 saturated carbocycles. The highest BCUT2D eigenvalue weighted by atomic mass is 16.5. The summed E-state index contributed by atoms with van der Waals surface area (Å²) in [5, 5.41) is 11.4.